The number of amides is 1. The van der Waals surface area contributed by atoms with Crippen LogP contribution in [-0.2, 0) is 11.2 Å². The largest absolute Gasteiger partial charge is 0.452 e. The average Bonchev–Trinajstić information content (AvgIpc) is 2.36. The Morgan fingerprint density at radius 2 is 2.00 bits per heavy atom. The van der Waals surface area contributed by atoms with Gasteiger partial charge in [0.15, 0.2) is 0 Å². The predicted molar refractivity (Wildman–Crippen MR) is 74.1 cm³/mol. The van der Waals surface area contributed by atoms with Crippen molar-refractivity contribution in [3.8, 4) is 0 Å². The van der Waals surface area contributed by atoms with E-state index in [-0.39, 0.29) is 11.8 Å². The molecule has 1 atom stereocenters. The Morgan fingerprint density at radius 1 is 1.33 bits per heavy atom. The van der Waals surface area contributed by atoms with Gasteiger partial charge < -0.3 is 10.3 Å². The van der Waals surface area contributed by atoms with Crippen molar-refractivity contribution in [2.24, 2.45) is 5.92 Å². The highest BCUT2D eigenvalue weighted by Crippen LogP contribution is 2.05. The lowest BCUT2D eigenvalue weighted by atomic mass is 9.82. The van der Waals surface area contributed by atoms with Crippen LogP contribution in [0.15, 0.2) is 30.3 Å². The molecule has 0 aromatic heterocycles. The van der Waals surface area contributed by atoms with Crippen LogP contribution in [0.3, 0.4) is 0 Å². The number of nitrogens with one attached hydrogen (secondary N) is 1. The van der Waals surface area contributed by atoms with Crippen LogP contribution >= 0.6 is 0 Å². The lowest BCUT2D eigenvalue weighted by Gasteiger charge is -2.17. The number of carbonyl (C=O) groups excluding carboxylic acids is 1. The first-order valence-electron chi connectivity index (χ1n) is 6.42. The van der Waals surface area contributed by atoms with Crippen molar-refractivity contribution >= 4 is 13.4 Å². The molecule has 3 nitrogen and oxygen atoms in total. The fourth-order valence-electron chi connectivity index (χ4n) is 1.85. The van der Waals surface area contributed by atoms with E-state index in [1.807, 2.05) is 30.3 Å². The number of aryl methyl sites for hydroxylation is 1. The van der Waals surface area contributed by atoms with E-state index in [0.717, 1.165) is 25.9 Å². The molecule has 0 aliphatic heterocycles. The number of carbonyl (C=O) groups is 1. The van der Waals surface area contributed by atoms with Crippen molar-refractivity contribution in [1.29, 1.82) is 0 Å². The molecule has 0 heterocycles. The predicted octanol–water partition coefficient (Wildman–Crippen LogP) is 1.72. The smallest absolute Gasteiger partial charge is 0.311 e. The Bertz CT molecular complexity index is 354. The van der Waals surface area contributed by atoms with Crippen LogP contribution in [0.4, 0.5) is 0 Å². The zero-order valence-electron chi connectivity index (χ0n) is 11.1. The SMILES string of the molecule is CC(C)C[C@@H]([B]O)NC(=O)CCc1ccccc1. The van der Waals surface area contributed by atoms with Gasteiger partial charge in [-0.15, -0.1) is 0 Å². The molecule has 97 valence electrons. The molecule has 0 unspecified atom stereocenters. The molecule has 1 amide bonds. The summed E-state index contributed by atoms with van der Waals surface area (Å²) in [6.45, 7) is 4.12. The molecule has 18 heavy (non-hydrogen) atoms. The van der Waals surface area contributed by atoms with E-state index in [9.17, 15) is 4.79 Å². The lowest BCUT2D eigenvalue weighted by molar-refractivity contribution is -0.121. The van der Waals surface area contributed by atoms with E-state index >= 15 is 0 Å². The van der Waals surface area contributed by atoms with Crippen molar-refractivity contribution in [2.75, 3.05) is 0 Å². The molecule has 0 bridgehead atoms. The number of rotatable bonds is 7. The normalized spacial score (nSPS) is 12.2. The van der Waals surface area contributed by atoms with E-state index in [4.69, 9.17) is 5.02 Å². The van der Waals surface area contributed by atoms with Gasteiger partial charge in [0.25, 0.3) is 0 Å². The van der Waals surface area contributed by atoms with Gasteiger partial charge in [0.1, 0.15) is 0 Å². The first-order valence-corrected chi connectivity index (χ1v) is 6.42. The van der Waals surface area contributed by atoms with Gasteiger partial charge in [0.2, 0.25) is 5.91 Å². The molecule has 0 aliphatic rings. The van der Waals surface area contributed by atoms with Crippen LogP contribution in [-0.4, -0.2) is 24.4 Å². The summed E-state index contributed by atoms with van der Waals surface area (Å²) in [4.78, 5) is 11.7. The highest BCUT2D eigenvalue weighted by atomic mass is 16.2. The standard InChI is InChI=1S/C14H21BNO2/c1-11(2)10-13(15-18)16-14(17)9-8-12-6-4-3-5-7-12/h3-7,11,13,18H,8-10H2,1-2H3,(H,16,17)/t13-/m0/s1. The van der Waals surface area contributed by atoms with Gasteiger partial charge in [-0.3, -0.25) is 4.79 Å². The van der Waals surface area contributed by atoms with Crippen LogP contribution in [0.1, 0.15) is 32.3 Å². The Balaban J connectivity index is 2.32. The summed E-state index contributed by atoms with van der Waals surface area (Å²) in [5.41, 5.74) is 1.15. The van der Waals surface area contributed by atoms with E-state index in [2.05, 4.69) is 19.2 Å². The van der Waals surface area contributed by atoms with Gasteiger partial charge in [-0.25, -0.2) is 0 Å². The Kier molecular flexibility index (Phi) is 6.51. The van der Waals surface area contributed by atoms with E-state index < -0.39 is 0 Å². The minimum absolute atomic E-state index is 0.0187. The lowest BCUT2D eigenvalue weighted by Crippen LogP contribution is -2.40. The number of hydrogen-bond donors (Lipinski definition) is 2. The van der Waals surface area contributed by atoms with Crippen LogP contribution in [0.2, 0.25) is 0 Å². The molecule has 0 saturated carbocycles. The summed E-state index contributed by atoms with van der Waals surface area (Å²) < 4.78 is 0. The summed E-state index contributed by atoms with van der Waals surface area (Å²) in [6.07, 6.45) is 1.94. The summed E-state index contributed by atoms with van der Waals surface area (Å²) in [7, 11) is 1.07. The minimum atomic E-state index is -0.242. The maximum atomic E-state index is 11.7. The van der Waals surface area contributed by atoms with Crippen molar-refractivity contribution < 1.29 is 9.82 Å². The Hall–Kier alpha value is -1.29. The maximum Gasteiger partial charge on any atom is 0.311 e. The average molecular weight is 246 g/mol. The topological polar surface area (TPSA) is 49.3 Å². The molecule has 0 saturated heterocycles. The molecular formula is C14H21BNO2. The Morgan fingerprint density at radius 3 is 2.56 bits per heavy atom. The van der Waals surface area contributed by atoms with Gasteiger partial charge in [0.05, 0.1) is 0 Å². The van der Waals surface area contributed by atoms with Crippen LogP contribution in [0.25, 0.3) is 0 Å². The molecule has 4 heteroatoms. The highest BCUT2D eigenvalue weighted by molar-refractivity contribution is 6.28. The summed E-state index contributed by atoms with van der Waals surface area (Å²) in [6, 6.07) is 9.92. The zero-order valence-corrected chi connectivity index (χ0v) is 11.1. The third-order valence-electron chi connectivity index (χ3n) is 2.74. The Labute approximate surface area is 110 Å². The molecular weight excluding hydrogens is 225 g/mol. The maximum absolute atomic E-state index is 11.7. The van der Waals surface area contributed by atoms with Crippen molar-refractivity contribution in [3.05, 3.63) is 35.9 Å². The fourth-order valence-corrected chi connectivity index (χ4v) is 1.85. The van der Waals surface area contributed by atoms with Gasteiger partial charge >= 0.3 is 7.48 Å². The summed E-state index contributed by atoms with van der Waals surface area (Å²) >= 11 is 0. The van der Waals surface area contributed by atoms with Crippen LogP contribution in [0.5, 0.6) is 0 Å². The highest BCUT2D eigenvalue weighted by Gasteiger charge is 2.14. The molecule has 1 radical (unpaired) electrons. The van der Waals surface area contributed by atoms with Crippen LogP contribution in [0, 0.1) is 5.92 Å². The molecule has 1 rings (SSSR count). The van der Waals surface area contributed by atoms with Crippen molar-refractivity contribution in [1.82, 2.24) is 5.32 Å². The number of benzene rings is 1. The van der Waals surface area contributed by atoms with E-state index in [0.29, 0.717) is 12.3 Å². The third-order valence-corrected chi connectivity index (χ3v) is 2.74. The van der Waals surface area contributed by atoms with Gasteiger partial charge in [-0.05, 0) is 24.3 Å². The quantitative estimate of drug-likeness (QED) is 0.719. The molecule has 1 aromatic rings. The first-order chi connectivity index (χ1) is 8.61. The molecule has 0 aliphatic carbocycles. The molecule has 1 aromatic carbocycles. The monoisotopic (exact) mass is 246 g/mol. The second kappa shape index (κ2) is 7.93. The van der Waals surface area contributed by atoms with Crippen molar-refractivity contribution in [2.45, 2.75) is 39.1 Å². The summed E-state index contributed by atoms with van der Waals surface area (Å²) in [5, 5.41) is 11.9. The van der Waals surface area contributed by atoms with Gasteiger partial charge in [-0.1, -0.05) is 44.2 Å². The first kappa shape index (κ1) is 14.8. The van der Waals surface area contributed by atoms with Crippen LogP contribution < -0.4 is 5.32 Å². The molecule has 0 fully saturated rings. The molecule has 2 N–H and O–H groups in total. The minimum Gasteiger partial charge on any atom is -0.452 e. The third kappa shape index (κ3) is 5.87. The second-order valence-electron chi connectivity index (χ2n) is 4.94. The number of hydrogen-bond acceptors (Lipinski definition) is 2. The fraction of sp³-hybridized carbons (Fsp3) is 0.500. The second-order valence-corrected chi connectivity index (χ2v) is 4.94. The van der Waals surface area contributed by atoms with E-state index in [1.165, 1.54) is 0 Å². The van der Waals surface area contributed by atoms with Crippen molar-refractivity contribution in [3.63, 3.8) is 0 Å². The molecule has 0 spiro atoms. The zero-order chi connectivity index (χ0) is 13.4. The van der Waals surface area contributed by atoms with Gasteiger partial charge in [0, 0.05) is 12.4 Å². The van der Waals surface area contributed by atoms with E-state index in [1.54, 1.807) is 0 Å². The van der Waals surface area contributed by atoms with Gasteiger partial charge in [-0.2, -0.15) is 0 Å². The summed E-state index contributed by atoms with van der Waals surface area (Å²) in [5.74, 6) is 0.177.